The predicted octanol–water partition coefficient (Wildman–Crippen LogP) is 4.75. The number of para-hydroxylation sites is 1. The molecule has 5 heteroatoms. The number of aryl methyl sites for hydroxylation is 2. The van der Waals surface area contributed by atoms with E-state index in [0.717, 1.165) is 36.6 Å². The maximum atomic E-state index is 5.27. The van der Waals surface area contributed by atoms with E-state index < -0.39 is 0 Å². The molecule has 0 bridgehead atoms. The summed E-state index contributed by atoms with van der Waals surface area (Å²) in [7, 11) is 1.69. The fourth-order valence-corrected chi connectivity index (χ4v) is 2.99. The smallest absolute Gasteiger partial charge is 0.229 e. The summed E-state index contributed by atoms with van der Waals surface area (Å²) in [6.07, 6.45) is 3.62. The first-order valence-corrected chi connectivity index (χ1v) is 9.25. The Bertz CT molecular complexity index is 895. The molecule has 0 fully saturated rings. The molecule has 2 N–H and O–H groups in total. The van der Waals surface area contributed by atoms with Crippen molar-refractivity contribution in [3.05, 3.63) is 71.4 Å². The molecule has 0 aliphatic rings. The number of hydrogen-bond donors (Lipinski definition) is 2. The van der Waals surface area contributed by atoms with Crippen molar-refractivity contribution >= 4 is 17.5 Å². The summed E-state index contributed by atoms with van der Waals surface area (Å²) in [4.78, 5) is 8.95. The van der Waals surface area contributed by atoms with E-state index in [1.807, 2.05) is 18.2 Å². The maximum Gasteiger partial charge on any atom is 0.229 e. The van der Waals surface area contributed by atoms with Crippen LogP contribution < -0.4 is 15.4 Å². The van der Waals surface area contributed by atoms with Crippen molar-refractivity contribution in [2.24, 2.45) is 0 Å². The van der Waals surface area contributed by atoms with Gasteiger partial charge in [-0.05, 0) is 54.7 Å². The van der Waals surface area contributed by atoms with Crippen molar-refractivity contribution in [3.63, 3.8) is 0 Å². The molecule has 5 nitrogen and oxygen atoms in total. The number of methoxy groups -OCH3 is 1. The third kappa shape index (κ3) is 4.97. The van der Waals surface area contributed by atoms with E-state index >= 15 is 0 Å². The normalized spacial score (nSPS) is 10.5. The van der Waals surface area contributed by atoms with Crippen LogP contribution in [0.5, 0.6) is 5.75 Å². The molecule has 0 aliphatic heterocycles. The number of nitrogens with zero attached hydrogens (tertiary/aromatic N) is 2. The summed E-state index contributed by atoms with van der Waals surface area (Å²) in [5, 5.41) is 6.74. The molecule has 0 saturated carbocycles. The third-order valence-electron chi connectivity index (χ3n) is 4.49. The van der Waals surface area contributed by atoms with Crippen LogP contribution >= 0.6 is 0 Å². The Hall–Kier alpha value is -3.08. The van der Waals surface area contributed by atoms with Crippen molar-refractivity contribution < 1.29 is 4.74 Å². The molecule has 0 amide bonds. The molecule has 0 unspecified atom stereocenters. The van der Waals surface area contributed by atoms with Crippen LogP contribution in [0.1, 0.15) is 23.6 Å². The Morgan fingerprint density at radius 3 is 2.74 bits per heavy atom. The summed E-state index contributed by atoms with van der Waals surface area (Å²) in [5.74, 6) is 2.29. The predicted molar refractivity (Wildman–Crippen MR) is 111 cm³/mol. The highest BCUT2D eigenvalue weighted by molar-refractivity contribution is 5.63. The lowest BCUT2D eigenvalue weighted by Gasteiger charge is -2.13. The molecule has 0 spiro atoms. The number of hydrogen-bond acceptors (Lipinski definition) is 5. The number of nitrogens with one attached hydrogen (secondary N) is 2. The zero-order chi connectivity index (χ0) is 19.1. The van der Waals surface area contributed by atoms with Crippen molar-refractivity contribution in [2.75, 3.05) is 24.3 Å². The summed E-state index contributed by atoms with van der Waals surface area (Å²) in [6.45, 7) is 5.03. The number of benzene rings is 2. The summed E-state index contributed by atoms with van der Waals surface area (Å²) in [6, 6.07) is 16.3. The van der Waals surface area contributed by atoms with Crippen LogP contribution in [0.3, 0.4) is 0 Å². The molecule has 3 aromatic rings. The van der Waals surface area contributed by atoms with Crippen molar-refractivity contribution in [1.29, 1.82) is 0 Å². The van der Waals surface area contributed by atoms with Gasteiger partial charge in [-0.1, -0.05) is 37.3 Å². The first kappa shape index (κ1) is 18.7. The molecule has 0 saturated heterocycles. The van der Waals surface area contributed by atoms with Gasteiger partial charge in [0.1, 0.15) is 11.6 Å². The van der Waals surface area contributed by atoms with Gasteiger partial charge >= 0.3 is 0 Å². The quantitative estimate of drug-likeness (QED) is 0.605. The van der Waals surface area contributed by atoms with Gasteiger partial charge in [0, 0.05) is 18.4 Å². The molecule has 140 valence electrons. The minimum atomic E-state index is 0.602. The summed E-state index contributed by atoms with van der Waals surface area (Å²) < 4.78 is 5.27. The molecule has 1 aromatic heterocycles. The van der Waals surface area contributed by atoms with E-state index in [4.69, 9.17) is 4.74 Å². The third-order valence-corrected chi connectivity index (χ3v) is 4.49. The largest absolute Gasteiger partial charge is 0.497 e. The SMILES string of the molecule is CCc1cccc(C)c1Nc1nccc(NCCc2cccc(OC)c2)n1. The maximum absolute atomic E-state index is 5.27. The van der Waals surface area contributed by atoms with Gasteiger partial charge in [0.05, 0.1) is 7.11 Å². The van der Waals surface area contributed by atoms with Crippen LogP contribution in [-0.2, 0) is 12.8 Å². The summed E-state index contributed by atoms with van der Waals surface area (Å²) >= 11 is 0. The number of rotatable bonds is 8. The zero-order valence-electron chi connectivity index (χ0n) is 16.1. The fourth-order valence-electron chi connectivity index (χ4n) is 2.99. The molecule has 1 heterocycles. The molecule has 27 heavy (non-hydrogen) atoms. The monoisotopic (exact) mass is 362 g/mol. The van der Waals surface area contributed by atoms with Gasteiger partial charge in [-0.25, -0.2) is 4.98 Å². The number of ether oxygens (including phenoxy) is 1. The average Bonchev–Trinajstić information content (AvgIpc) is 2.70. The topological polar surface area (TPSA) is 59.1 Å². The van der Waals surface area contributed by atoms with Gasteiger partial charge in [-0.2, -0.15) is 4.98 Å². The lowest BCUT2D eigenvalue weighted by Crippen LogP contribution is -2.08. The van der Waals surface area contributed by atoms with Crippen molar-refractivity contribution in [1.82, 2.24) is 9.97 Å². The molecule has 0 atom stereocenters. The molecular weight excluding hydrogens is 336 g/mol. The van der Waals surface area contributed by atoms with Crippen LogP contribution in [0.4, 0.5) is 17.5 Å². The Kier molecular flexibility index (Phi) is 6.26. The van der Waals surface area contributed by atoms with Gasteiger partial charge in [0.25, 0.3) is 0 Å². The second kappa shape index (κ2) is 9.03. The van der Waals surface area contributed by atoms with Crippen molar-refractivity contribution in [3.8, 4) is 5.75 Å². The summed E-state index contributed by atoms with van der Waals surface area (Å²) in [5.41, 5.74) is 4.76. The second-order valence-electron chi connectivity index (χ2n) is 6.38. The van der Waals surface area contributed by atoms with E-state index in [1.165, 1.54) is 16.7 Å². The first-order valence-electron chi connectivity index (χ1n) is 9.25. The van der Waals surface area contributed by atoms with Crippen LogP contribution in [-0.4, -0.2) is 23.6 Å². The van der Waals surface area contributed by atoms with E-state index in [2.05, 4.69) is 64.8 Å². The molecular formula is C22H26N4O. The van der Waals surface area contributed by atoms with Crippen molar-refractivity contribution in [2.45, 2.75) is 26.7 Å². The highest BCUT2D eigenvalue weighted by Crippen LogP contribution is 2.24. The zero-order valence-corrected chi connectivity index (χ0v) is 16.1. The van der Waals surface area contributed by atoms with Gasteiger partial charge in [-0.15, -0.1) is 0 Å². The van der Waals surface area contributed by atoms with Gasteiger partial charge in [0.15, 0.2) is 0 Å². The Morgan fingerprint density at radius 1 is 1.07 bits per heavy atom. The van der Waals surface area contributed by atoms with Crippen LogP contribution in [0.15, 0.2) is 54.7 Å². The fraction of sp³-hybridized carbons (Fsp3) is 0.273. The molecule has 0 aliphatic carbocycles. The Morgan fingerprint density at radius 2 is 1.93 bits per heavy atom. The number of aromatic nitrogens is 2. The number of anilines is 3. The van der Waals surface area contributed by atoms with Gasteiger partial charge in [-0.3, -0.25) is 0 Å². The minimum absolute atomic E-state index is 0.602. The molecule has 0 radical (unpaired) electrons. The van der Waals surface area contributed by atoms with E-state index in [-0.39, 0.29) is 0 Å². The van der Waals surface area contributed by atoms with E-state index in [0.29, 0.717) is 5.95 Å². The van der Waals surface area contributed by atoms with E-state index in [1.54, 1.807) is 13.3 Å². The highest BCUT2D eigenvalue weighted by Gasteiger charge is 2.07. The van der Waals surface area contributed by atoms with Crippen LogP contribution in [0.2, 0.25) is 0 Å². The van der Waals surface area contributed by atoms with Crippen LogP contribution in [0.25, 0.3) is 0 Å². The Labute approximate surface area is 160 Å². The second-order valence-corrected chi connectivity index (χ2v) is 6.38. The first-order chi connectivity index (χ1) is 13.2. The van der Waals surface area contributed by atoms with Gasteiger partial charge in [0.2, 0.25) is 5.95 Å². The minimum Gasteiger partial charge on any atom is -0.497 e. The lowest BCUT2D eigenvalue weighted by atomic mass is 10.1. The molecule has 2 aromatic carbocycles. The van der Waals surface area contributed by atoms with E-state index in [9.17, 15) is 0 Å². The molecule has 3 rings (SSSR count). The Balaban J connectivity index is 1.64. The average molecular weight is 362 g/mol. The van der Waals surface area contributed by atoms with Crippen LogP contribution in [0, 0.1) is 6.92 Å². The standard InChI is InChI=1S/C22H26N4O/c1-4-18-9-5-7-16(2)21(18)26-22-24-14-12-20(25-22)23-13-11-17-8-6-10-19(15-17)27-3/h5-10,12,14-15H,4,11,13H2,1-3H3,(H2,23,24,25,26). The highest BCUT2D eigenvalue weighted by atomic mass is 16.5. The van der Waals surface area contributed by atoms with Gasteiger partial charge < -0.3 is 15.4 Å². The lowest BCUT2D eigenvalue weighted by molar-refractivity contribution is 0.414.